The van der Waals surface area contributed by atoms with Crippen molar-refractivity contribution in [1.29, 1.82) is 0 Å². The van der Waals surface area contributed by atoms with Crippen LogP contribution in [-0.2, 0) is 20.7 Å². The van der Waals surface area contributed by atoms with Gasteiger partial charge in [0.05, 0.1) is 13.2 Å². The Morgan fingerprint density at radius 3 is 2.10 bits per heavy atom. The lowest BCUT2D eigenvalue weighted by Gasteiger charge is -2.37. The Hall–Kier alpha value is -2.81. The highest BCUT2D eigenvalue weighted by atomic mass is 35.5. The molecule has 0 spiro atoms. The van der Waals surface area contributed by atoms with E-state index in [0.29, 0.717) is 68.0 Å². The number of morpholine rings is 1. The molecule has 0 bridgehead atoms. The maximum Gasteiger partial charge on any atom is 0.410 e. The van der Waals surface area contributed by atoms with E-state index in [1.165, 1.54) is 0 Å². The fourth-order valence-electron chi connectivity index (χ4n) is 5.97. The van der Waals surface area contributed by atoms with Gasteiger partial charge in [0.15, 0.2) is 0 Å². The van der Waals surface area contributed by atoms with E-state index in [2.05, 4.69) is 0 Å². The lowest BCUT2D eigenvalue weighted by Crippen LogP contribution is -2.48. The van der Waals surface area contributed by atoms with Gasteiger partial charge in [-0.2, -0.15) is 0 Å². The quantitative estimate of drug-likeness (QED) is 0.417. The molecule has 3 aliphatic rings. The van der Waals surface area contributed by atoms with E-state index in [1.54, 1.807) is 9.80 Å². The molecule has 1 atom stereocenters. The third-order valence-corrected chi connectivity index (χ3v) is 8.94. The van der Waals surface area contributed by atoms with Crippen molar-refractivity contribution in [2.24, 2.45) is 5.92 Å². The lowest BCUT2D eigenvalue weighted by atomic mass is 9.95. The second-order valence-corrected chi connectivity index (χ2v) is 13.1. The second kappa shape index (κ2) is 12.8. The Morgan fingerprint density at radius 1 is 0.881 bits per heavy atom. The molecule has 3 fully saturated rings. The van der Waals surface area contributed by atoms with Crippen molar-refractivity contribution in [3.63, 3.8) is 0 Å². The van der Waals surface area contributed by atoms with Crippen molar-refractivity contribution in [1.82, 2.24) is 14.7 Å². The predicted octanol–water partition coefficient (Wildman–Crippen LogP) is 5.92. The molecule has 226 valence electrons. The van der Waals surface area contributed by atoms with E-state index in [-0.39, 0.29) is 29.9 Å². The average Bonchev–Trinajstić information content (AvgIpc) is 3.33. The molecule has 3 aliphatic heterocycles. The van der Waals surface area contributed by atoms with Crippen molar-refractivity contribution in [3.8, 4) is 11.1 Å². The van der Waals surface area contributed by atoms with Crippen LogP contribution in [0.25, 0.3) is 11.1 Å². The standard InChI is InChI=1S/C32H39Cl2N3O5/c1-32(2,3)42-31(40)36-11-9-25(10-12-36)37-13-8-23(30(37)39)18-26-27(33)19-24(20-28(26)34)21-4-6-22(7-5-21)29(38)35-14-16-41-17-15-35/h4-7,19-20,23,25H,8-18H2,1-3H3. The maximum atomic E-state index is 13.4. The number of carbonyl (C=O) groups is 3. The summed E-state index contributed by atoms with van der Waals surface area (Å²) in [4.78, 5) is 44.1. The summed E-state index contributed by atoms with van der Waals surface area (Å²) >= 11 is 13.5. The smallest absolute Gasteiger partial charge is 0.410 e. The normalized spacial score (nSPS) is 20.3. The van der Waals surface area contributed by atoms with E-state index >= 15 is 0 Å². The fraction of sp³-hybridized carbons (Fsp3) is 0.531. The maximum absolute atomic E-state index is 13.4. The molecule has 42 heavy (non-hydrogen) atoms. The predicted molar refractivity (Wildman–Crippen MR) is 163 cm³/mol. The number of piperidine rings is 1. The summed E-state index contributed by atoms with van der Waals surface area (Å²) in [6.07, 6.45) is 2.42. The zero-order valence-corrected chi connectivity index (χ0v) is 26.0. The van der Waals surface area contributed by atoms with Crippen LogP contribution in [0.5, 0.6) is 0 Å². The molecule has 0 aromatic heterocycles. The van der Waals surface area contributed by atoms with Crippen molar-refractivity contribution >= 4 is 41.1 Å². The van der Waals surface area contributed by atoms with Crippen molar-refractivity contribution < 1.29 is 23.9 Å². The summed E-state index contributed by atoms with van der Waals surface area (Å²) in [5.41, 5.74) is 2.65. The monoisotopic (exact) mass is 615 g/mol. The van der Waals surface area contributed by atoms with Crippen LogP contribution < -0.4 is 0 Å². The van der Waals surface area contributed by atoms with Crippen LogP contribution in [-0.4, -0.2) is 90.2 Å². The Kier molecular flexibility index (Phi) is 9.35. The Labute approximate surface area is 257 Å². The second-order valence-electron chi connectivity index (χ2n) is 12.3. The third-order valence-electron chi connectivity index (χ3n) is 8.26. The SMILES string of the molecule is CC(C)(C)OC(=O)N1CCC(N2CCC(Cc3c(Cl)cc(-c4ccc(C(=O)N5CCOCC5)cc4)cc3Cl)C2=O)CC1. The molecule has 10 heteroatoms. The van der Waals surface area contributed by atoms with Gasteiger partial charge in [-0.3, -0.25) is 9.59 Å². The van der Waals surface area contributed by atoms with Crippen LogP contribution in [0, 0.1) is 5.92 Å². The Bertz CT molecular complexity index is 1290. The van der Waals surface area contributed by atoms with E-state index in [1.807, 2.05) is 62.1 Å². The molecule has 0 N–H and O–H groups in total. The average molecular weight is 617 g/mol. The Morgan fingerprint density at radius 2 is 1.50 bits per heavy atom. The minimum Gasteiger partial charge on any atom is -0.444 e. The van der Waals surface area contributed by atoms with Gasteiger partial charge < -0.3 is 24.2 Å². The van der Waals surface area contributed by atoms with Crippen molar-refractivity contribution in [3.05, 3.63) is 57.6 Å². The van der Waals surface area contributed by atoms with Crippen LogP contribution in [0.1, 0.15) is 56.0 Å². The number of rotatable bonds is 5. The van der Waals surface area contributed by atoms with Crippen LogP contribution in [0.15, 0.2) is 36.4 Å². The molecule has 0 saturated carbocycles. The highest BCUT2D eigenvalue weighted by Gasteiger charge is 2.38. The minimum absolute atomic E-state index is 0.000121. The van der Waals surface area contributed by atoms with Crippen molar-refractivity contribution in [2.75, 3.05) is 45.9 Å². The van der Waals surface area contributed by atoms with Gasteiger partial charge in [-0.1, -0.05) is 35.3 Å². The van der Waals surface area contributed by atoms with E-state index in [9.17, 15) is 14.4 Å². The Balaban J connectivity index is 1.19. The molecule has 3 heterocycles. The molecule has 0 aliphatic carbocycles. The summed E-state index contributed by atoms with van der Waals surface area (Å²) in [6.45, 7) is 9.76. The number of hydrogen-bond acceptors (Lipinski definition) is 5. The molecular formula is C32H39Cl2N3O5. The number of hydrogen-bond donors (Lipinski definition) is 0. The molecule has 3 saturated heterocycles. The molecule has 8 nitrogen and oxygen atoms in total. The van der Waals surface area contributed by atoms with Gasteiger partial charge in [0.25, 0.3) is 5.91 Å². The van der Waals surface area contributed by atoms with Crippen LogP contribution in [0.4, 0.5) is 4.79 Å². The number of halogens is 2. The van der Waals surface area contributed by atoms with E-state index in [4.69, 9.17) is 32.7 Å². The largest absolute Gasteiger partial charge is 0.444 e. The first kappa shape index (κ1) is 30.6. The number of ether oxygens (including phenoxy) is 2. The van der Waals surface area contributed by atoms with Crippen LogP contribution in [0.3, 0.4) is 0 Å². The molecule has 0 radical (unpaired) electrons. The number of likely N-dealkylation sites (tertiary alicyclic amines) is 2. The number of benzene rings is 2. The highest BCUT2D eigenvalue weighted by molar-refractivity contribution is 6.36. The highest BCUT2D eigenvalue weighted by Crippen LogP contribution is 2.36. The zero-order chi connectivity index (χ0) is 30.0. The molecule has 1 unspecified atom stereocenters. The molecule has 3 amide bonds. The molecule has 2 aromatic rings. The first-order valence-electron chi connectivity index (χ1n) is 14.7. The molecule has 2 aromatic carbocycles. The summed E-state index contributed by atoms with van der Waals surface area (Å²) in [5.74, 6) is -0.0530. The van der Waals surface area contributed by atoms with Gasteiger partial charge in [-0.25, -0.2) is 4.79 Å². The first-order valence-corrected chi connectivity index (χ1v) is 15.5. The van der Waals surface area contributed by atoms with Gasteiger partial charge in [-0.15, -0.1) is 0 Å². The van der Waals surface area contributed by atoms with Gasteiger partial charge >= 0.3 is 6.09 Å². The summed E-state index contributed by atoms with van der Waals surface area (Å²) < 4.78 is 10.8. The van der Waals surface area contributed by atoms with Crippen molar-refractivity contribution in [2.45, 2.75) is 58.1 Å². The van der Waals surface area contributed by atoms with E-state index in [0.717, 1.165) is 36.0 Å². The zero-order valence-electron chi connectivity index (χ0n) is 24.5. The number of carbonyl (C=O) groups excluding carboxylic acids is 3. The fourth-order valence-corrected chi connectivity index (χ4v) is 6.61. The molecular weight excluding hydrogens is 577 g/mol. The number of nitrogens with zero attached hydrogens (tertiary/aromatic N) is 3. The van der Waals surface area contributed by atoms with Crippen LogP contribution >= 0.6 is 23.2 Å². The lowest BCUT2D eigenvalue weighted by molar-refractivity contribution is -0.133. The van der Waals surface area contributed by atoms with Gasteiger partial charge in [0, 0.05) is 60.3 Å². The van der Waals surface area contributed by atoms with Gasteiger partial charge in [0.1, 0.15) is 5.60 Å². The summed E-state index contributed by atoms with van der Waals surface area (Å²) in [5, 5.41) is 1.06. The number of amides is 3. The third kappa shape index (κ3) is 7.04. The van der Waals surface area contributed by atoms with Gasteiger partial charge in [0.2, 0.25) is 5.91 Å². The van der Waals surface area contributed by atoms with Crippen LogP contribution in [0.2, 0.25) is 10.0 Å². The molecule has 5 rings (SSSR count). The summed E-state index contributed by atoms with van der Waals surface area (Å²) in [6, 6.07) is 11.3. The summed E-state index contributed by atoms with van der Waals surface area (Å²) in [7, 11) is 0. The minimum atomic E-state index is -0.527. The first-order chi connectivity index (χ1) is 20.0. The topological polar surface area (TPSA) is 79.4 Å². The van der Waals surface area contributed by atoms with Gasteiger partial charge in [-0.05, 0) is 87.4 Å². The van der Waals surface area contributed by atoms with E-state index < -0.39 is 5.60 Å².